The molecular weight excluding hydrogens is 445 g/mol. The molecule has 0 spiro atoms. The van der Waals surface area contributed by atoms with Crippen molar-refractivity contribution in [3.8, 4) is 5.75 Å². The molecule has 0 unspecified atom stereocenters. The highest BCUT2D eigenvalue weighted by Crippen LogP contribution is 2.38. The largest absolute Gasteiger partial charge is 0.479 e. The Morgan fingerprint density at radius 1 is 1.17 bits per heavy atom. The highest BCUT2D eigenvalue weighted by atomic mass is 35.5. The molecule has 1 heterocycles. The number of amides is 1. The molecule has 2 aromatic rings. The van der Waals surface area contributed by atoms with Crippen molar-refractivity contribution in [1.29, 1.82) is 0 Å². The Hall–Kier alpha value is -1.76. The Bertz CT molecular complexity index is 928. The van der Waals surface area contributed by atoms with Crippen LogP contribution < -0.4 is 10.1 Å². The second-order valence-electron chi connectivity index (χ2n) is 7.17. The molecule has 1 N–H and O–H groups in total. The summed E-state index contributed by atoms with van der Waals surface area (Å²) in [4.78, 5) is 26.7. The van der Waals surface area contributed by atoms with Crippen molar-refractivity contribution in [2.24, 2.45) is 0 Å². The minimum Gasteiger partial charge on any atom is -0.479 e. The Morgan fingerprint density at radius 2 is 1.90 bits per heavy atom. The van der Waals surface area contributed by atoms with Crippen molar-refractivity contribution < 1.29 is 19.1 Å². The first-order valence-electron chi connectivity index (χ1n) is 10.1. The summed E-state index contributed by atoms with van der Waals surface area (Å²) >= 11 is 13.5. The van der Waals surface area contributed by atoms with Crippen molar-refractivity contribution in [2.75, 3.05) is 11.9 Å². The number of nitrogens with one attached hydrogen (secondary N) is 1. The van der Waals surface area contributed by atoms with Gasteiger partial charge in [0.1, 0.15) is 10.8 Å². The van der Waals surface area contributed by atoms with E-state index in [0.29, 0.717) is 26.4 Å². The van der Waals surface area contributed by atoms with Crippen LogP contribution in [0.25, 0.3) is 0 Å². The smallest absolute Gasteiger partial charge is 0.341 e. The van der Waals surface area contributed by atoms with E-state index in [1.165, 1.54) is 17.8 Å². The SMILES string of the molecule is CCOC(=O)c1c(NC(=O)[C@H](C)Oc2ccc(Cl)cc2Cl)sc2c1CCCCCC2. The first kappa shape index (κ1) is 22.9. The lowest BCUT2D eigenvalue weighted by molar-refractivity contribution is -0.122. The van der Waals surface area contributed by atoms with Gasteiger partial charge in [-0.2, -0.15) is 0 Å². The predicted octanol–water partition coefficient (Wildman–Crippen LogP) is 6.30. The van der Waals surface area contributed by atoms with Gasteiger partial charge in [-0.15, -0.1) is 11.3 Å². The quantitative estimate of drug-likeness (QED) is 0.504. The molecular formula is C22H25Cl2NO4S. The molecule has 0 radical (unpaired) electrons. The number of ether oxygens (including phenoxy) is 2. The maximum atomic E-state index is 12.8. The third-order valence-corrected chi connectivity index (χ3v) is 6.69. The van der Waals surface area contributed by atoms with E-state index >= 15 is 0 Å². The van der Waals surface area contributed by atoms with E-state index in [1.54, 1.807) is 32.0 Å². The number of esters is 1. The van der Waals surface area contributed by atoms with Gasteiger partial charge >= 0.3 is 5.97 Å². The van der Waals surface area contributed by atoms with Crippen LogP contribution in [0.2, 0.25) is 10.0 Å². The van der Waals surface area contributed by atoms with Crippen LogP contribution in [0.1, 0.15) is 60.3 Å². The average molecular weight is 470 g/mol. The number of fused-ring (bicyclic) bond motifs is 1. The number of rotatable bonds is 6. The Morgan fingerprint density at radius 3 is 2.60 bits per heavy atom. The normalized spacial score (nSPS) is 14.8. The number of benzene rings is 1. The van der Waals surface area contributed by atoms with Crippen molar-refractivity contribution in [1.82, 2.24) is 0 Å². The topological polar surface area (TPSA) is 64.6 Å². The summed E-state index contributed by atoms with van der Waals surface area (Å²) in [6.07, 6.45) is 5.35. The Labute approximate surface area is 190 Å². The van der Waals surface area contributed by atoms with Crippen molar-refractivity contribution >= 4 is 51.4 Å². The molecule has 162 valence electrons. The number of anilines is 1. The van der Waals surface area contributed by atoms with E-state index in [2.05, 4.69) is 5.32 Å². The van der Waals surface area contributed by atoms with Crippen LogP contribution in [0.15, 0.2) is 18.2 Å². The fraction of sp³-hybridized carbons (Fsp3) is 0.455. The lowest BCUT2D eigenvalue weighted by Crippen LogP contribution is -2.30. The maximum absolute atomic E-state index is 12.8. The molecule has 1 atom stereocenters. The summed E-state index contributed by atoms with van der Waals surface area (Å²) in [7, 11) is 0. The number of carbonyl (C=O) groups excluding carboxylic acids is 2. The van der Waals surface area contributed by atoms with Crippen LogP contribution in [0, 0.1) is 0 Å². The van der Waals surface area contributed by atoms with Gasteiger partial charge in [-0.1, -0.05) is 36.0 Å². The van der Waals surface area contributed by atoms with Crippen molar-refractivity contribution in [3.05, 3.63) is 44.2 Å². The summed E-state index contributed by atoms with van der Waals surface area (Å²) in [5.74, 6) is -0.381. The van der Waals surface area contributed by atoms with E-state index in [9.17, 15) is 9.59 Å². The van der Waals surface area contributed by atoms with Gasteiger partial charge in [0, 0.05) is 9.90 Å². The Balaban J connectivity index is 1.82. The van der Waals surface area contributed by atoms with Crippen LogP contribution in [-0.2, 0) is 22.4 Å². The predicted molar refractivity (Wildman–Crippen MR) is 121 cm³/mol. The molecule has 1 aromatic carbocycles. The Kier molecular flexibility index (Phi) is 8.03. The molecule has 0 aliphatic heterocycles. The second-order valence-corrected chi connectivity index (χ2v) is 9.12. The third-order valence-electron chi connectivity index (χ3n) is 4.95. The second kappa shape index (κ2) is 10.5. The maximum Gasteiger partial charge on any atom is 0.341 e. The number of hydrogen-bond donors (Lipinski definition) is 1. The molecule has 8 heteroatoms. The summed E-state index contributed by atoms with van der Waals surface area (Å²) < 4.78 is 11.0. The monoisotopic (exact) mass is 469 g/mol. The van der Waals surface area contributed by atoms with Crippen LogP contribution in [-0.4, -0.2) is 24.6 Å². The van der Waals surface area contributed by atoms with Crippen molar-refractivity contribution in [2.45, 2.75) is 58.5 Å². The zero-order valence-corrected chi connectivity index (χ0v) is 19.4. The van der Waals surface area contributed by atoms with E-state index in [-0.39, 0.29) is 18.5 Å². The third kappa shape index (κ3) is 5.48. The van der Waals surface area contributed by atoms with Gasteiger partial charge in [0.05, 0.1) is 17.2 Å². The molecule has 0 fully saturated rings. The van der Waals surface area contributed by atoms with E-state index in [1.807, 2.05) is 0 Å². The zero-order chi connectivity index (χ0) is 21.7. The van der Waals surface area contributed by atoms with Crippen molar-refractivity contribution in [3.63, 3.8) is 0 Å². The van der Waals surface area contributed by atoms with Crippen LogP contribution in [0.5, 0.6) is 5.75 Å². The number of thiophene rings is 1. The van der Waals surface area contributed by atoms with Crippen LogP contribution in [0.3, 0.4) is 0 Å². The number of hydrogen-bond acceptors (Lipinski definition) is 5. The fourth-order valence-electron chi connectivity index (χ4n) is 3.45. The molecule has 30 heavy (non-hydrogen) atoms. The highest BCUT2D eigenvalue weighted by molar-refractivity contribution is 7.17. The molecule has 0 saturated carbocycles. The first-order valence-corrected chi connectivity index (χ1v) is 11.7. The number of carbonyl (C=O) groups is 2. The standard InChI is InChI=1S/C22H25Cl2NO4S/c1-3-28-22(27)19-15-8-6-4-5-7-9-18(15)30-21(19)25-20(26)13(2)29-17-11-10-14(23)12-16(17)24/h10-13H,3-9H2,1-2H3,(H,25,26)/t13-/m0/s1. The van der Waals surface area contributed by atoms with Crippen LogP contribution in [0.4, 0.5) is 5.00 Å². The molecule has 3 rings (SSSR count). The van der Waals surface area contributed by atoms with Gasteiger partial charge in [0.15, 0.2) is 6.10 Å². The minimum absolute atomic E-state index is 0.283. The van der Waals surface area contributed by atoms with Gasteiger partial charge in [-0.3, -0.25) is 4.79 Å². The molecule has 5 nitrogen and oxygen atoms in total. The first-order chi connectivity index (χ1) is 14.4. The van der Waals surface area contributed by atoms with E-state index in [0.717, 1.165) is 42.5 Å². The fourth-order valence-corrected chi connectivity index (χ4v) is 5.19. The zero-order valence-electron chi connectivity index (χ0n) is 17.1. The van der Waals surface area contributed by atoms with Gasteiger partial charge < -0.3 is 14.8 Å². The van der Waals surface area contributed by atoms with Gasteiger partial charge in [-0.25, -0.2) is 4.79 Å². The summed E-state index contributed by atoms with van der Waals surface area (Å²) in [6, 6.07) is 4.82. The molecule has 1 aliphatic carbocycles. The van der Waals surface area contributed by atoms with E-state index < -0.39 is 6.10 Å². The molecule has 0 saturated heterocycles. The van der Waals surface area contributed by atoms with Gasteiger partial charge in [-0.05, 0) is 63.3 Å². The summed E-state index contributed by atoms with van der Waals surface area (Å²) in [5.41, 5.74) is 1.51. The number of halogens is 2. The van der Waals surface area contributed by atoms with Crippen LogP contribution >= 0.6 is 34.5 Å². The lowest BCUT2D eigenvalue weighted by atomic mass is 9.96. The average Bonchev–Trinajstić information content (AvgIpc) is 3.00. The minimum atomic E-state index is -0.816. The molecule has 1 amide bonds. The highest BCUT2D eigenvalue weighted by Gasteiger charge is 2.27. The lowest BCUT2D eigenvalue weighted by Gasteiger charge is -2.16. The molecule has 1 aliphatic rings. The summed E-state index contributed by atoms with van der Waals surface area (Å²) in [5, 5.41) is 4.23. The molecule has 1 aromatic heterocycles. The van der Waals surface area contributed by atoms with Gasteiger partial charge in [0.25, 0.3) is 5.91 Å². The summed E-state index contributed by atoms with van der Waals surface area (Å²) in [6.45, 7) is 3.69. The molecule has 0 bridgehead atoms. The van der Waals surface area contributed by atoms with Gasteiger partial charge in [0.2, 0.25) is 0 Å². The van der Waals surface area contributed by atoms with E-state index in [4.69, 9.17) is 32.7 Å². The number of aryl methyl sites for hydroxylation is 1.